The second-order valence-electron chi connectivity index (χ2n) is 4.90. The van der Waals surface area contributed by atoms with Gasteiger partial charge in [-0.05, 0) is 31.2 Å². The summed E-state index contributed by atoms with van der Waals surface area (Å²) in [4.78, 5) is 23.7. The van der Waals surface area contributed by atoms with Crippen molar-refractivity contribution in [1.29, 1.82) is 0 Å². The third-order valence-electron chi connectivity index (χ3n) is 3.09. The molecule has 5 heteroatoms. The second kappa shape index (κ2) is 7.61. The van der Waals surface area contributed by atoms with Gasteiger partial charge in [-0.3, -0.25) is 9.59 Å². The summed E-state index contributed by atoms with van der Waals surface area (Å²) in [6, 6.07) is 14.3. The largest absolute Gasteiger partial charge is 0.351 e. The molecule has 22 heavy (non-hydrogen) atoms. The molecule has 0 fully saturated rings. The molecule has 114 valence electrons. The van der Waals surface area contributed by atoms with Crippen LogP contribution in [0.2, 0.25) is 5.02 Å². The first-order valence-corrected chi connectivity index (χ1v) is 7.33. The highest BCUT2D eigenvalue weighted by Gasteiger charge is 2.09. The van der Waals surface area contributed by atoms with E-state index in [1.807, 2.05) is 31.2 Å². The molecule has 0 spiro atoms. The highest BCUT2D eigenvalue weighted by atomic mass is 35.5. The van der Waals surface area contributed by atoms with E-state index >= 15 is 0 Å². The van der Waals surface area contributed by atoms with Crippen LogP contribution in [0.25, 0.3) is 0 Å². The topological polar surface area (TPSA) is 58.2 Å². The fourth-order valence-corrected chi connectivity index (χ4v) is 2.11. The number of amides is 2. The van der Waals surface area contributed by atoms with Crippen molar-refractivity contribution in [2.75, 3.05) is 11.9 Å². The zero-order chi connectivity index (χ0) is 15.9. The van der Waals surface area contributed by atoms with E-state index in [0.717, 1.165) is 11.3 Å². The van der Waals surface area contributed by atoms with E-state index in [0.29, 0.717) is 10.6 Å². The van der Waals surface area contributed by atoms with Crippen LogP contribution in [0.15, 0.2) is 48.5 Å². The van der Waals surface area contributed by atoms with Crippen LogP contribution in [0, 0.1) is 6.92 Å². The summed E-state index contributed by atoms with van der Waals surface area (Å²) in [7, 11) is 0. The maximum absolute atomic E-state index is 11.9. The lowest BCUT2D eigenvalue weighted by Gasteiger charge is -2.08. The van der Waals surface area contributed by atoms with Gasteiger partial charge >= 0.3 is 0 Å². The van der Waals surface area contributed by atoms with Crippen molar-refractivity contribution in [1.82, 2.24) is 5.32 Å². The molecule has 0 radical (unpaired) electrons. The smallest absolute Gasteiger partial charge is 0.252 e. The van der Waals surface area contributed by atoms with Gasteiger partial charge in [-0.1, -0.05) is 41.4 Å². The van der Waals surface area contributed by atoms with Gasteiger partial charge < -0.3 is 10.6 Å². The molecule has 0 atom stereocenters. The van der Waals surface area contributed by atoms with Crippen molar-refractivity contribution in [3.05, 3.63) is 64.7 Å². The highest BCUT2D eigenvalue weighted by molar-refractivity contribution is 6.33. The Hall–Kier alpha value is -2.33. The third-order valence-corrected chi connectivity index (χ3v) is 3.42. The lowest BCUT2D eigenvalue weighted by molar-refractivity contribution is -0.116. The minimum absolute atomic E-state index is 0.150. The first-order chi connectivity index (χ1) is 10.6. The van der Waals surface area contributed by atoms with Gasteiger partial charge in [0.15, 0.2) is 0 Å². The van der Waals surface area contributed by atoms with Crippen LogP contribution >= 0.6 is 11.6 Å². The maximum Gasteiger partial charge on any atom is 0.252 e. The van der Waals surface area contributed by atoms with E-state index in [2.05, 4.69) is 10.6 Å². The average molecular weight is 317 g/mol. The zero-order valence-corrected chi connectivity index (χ0v) is 13.0. The Morgan fingerprint density at radius 3 is 2.41 bits per heavy atom. The van der Waals surface area contributed by atoms with Crippen LogP contribution in [0.1, 0.15) is 22.3 Å². The fourth-order valence-electron chi connectivity index (χ4n) is 1.89. The first-order valence-electron chi connectivity index (χ1n) is 6.95. The Morgan fingerprint density at radius 1 is 1.05 bits per heavy atom. The minimum Gasteiger partial charge on any atom is -0.351 e. The van der Waals surface area contributed by atoms with Crippen LogP contribution in [0.4, 0.5) is 5.69 Å². The quantitative estimate of drug-likeness (QED) is 0.888. The molecule has 0 unspecified atom stereocenters. The van der Waals surface area contributed by atoms with E-state index in [1.165, 1.54) is 0 Å². The molecule has 0 heterocycles. The van der Waals surface area contributed by atoms with Crippen molar-refractivity contribution >= 4 is 29.1 Å². The van der Waals surface area contributed by atoms with Gasteiger partial charge in [0, 0.05) is 18.7 Å². The zero-order valence-electron chi connectivity index (χ0n) is 12.2. The number of aryl methyl sites for hydroxylation is 1. The Morgan fingerprint density at radius 2 is 1.73 bits per heavy atom. The molecule has 0 saturated carbocycles. The van der Waals surface area contributed by atoms with Gasteiger partial charge in [0.05, 0.1) is 10.6 Å². The van der Waals surface area contributed by atoms with Crippen LogP contribution in [-0.4, -0.2) is 18.4 Å². The van der Waals surface area contributed by atoms with E-state index in [9.17, 15) is 9.59 Å². The van der Waals surface area contributed by atoms with Gasteiger partial charge in [-0.2, -0.15) is 0 Å². The fraction of sp³-hybridized carbons (Fsp3) is 0.176. The molecule has 2 N–H and O–H groups in total. The number of rotatable bonds is 5. The van der Waals surface area contributed by atoms with Crippen molar-refractivity contribution < 1.29 is 9.59 Å². The molecule has 0 aliphatic rings. The summed E-state index contributed by atoms with van der Waals surface area (Å²) in [5, 5.41) is 5.85. The van der Waals surface area contributed by atoms with Gasteiger partial charge in [0.2, 0.25) is 5.91 Å². The summed E-state index contributed by atoms with van der Waals surface area (Å²) in [5.74, 6) is -0.433. The molecule has 0 aliphatic carbocycles. The van der Waals surface area contributed by atoms with Crippen LogP contribution in [0.5, 0.6) is 0 Å². The normalized spacial score (nSPS) is 10.1. The number of carbonyl (C=O) groups excluding carboxylic acids is 2. The molecule has 2 amide bonds. The van der Waals surface area contributed by atoms with Crippen molar-refractivity contribution in [2.45, 2.75) is 13.3 Å². The van der Waals surface area contributed by atoms with Gasteiger partial charge in [0.1, 0.15) is 0 Å². The summed E-state index contributed by atoms with van der Waals surface area (Å²) in [6.45, 7) is 2.23. The number of benzene rings is 2. The summed E-state index contributed by atoms with van der Waals surface area (Å²) < 4.78 is 0. The van der Waals surface area contributed by atoms with Crippen molar-refractivity contribution in [3.8, 4) is 0 Å². The summed E-state index contributed by atoms with van der Waals surface area (Å²) in [5.41, 5.74) is 2.28. The van der Waals surface area contributed by atoms with Gasteiger partial charge in [0.25, 0.3) is 5.91 Å². The highest BCUT2D eigenvalue weighted by Crippen LogP contribution is 2.14. The van der Waals surface area contributed by atoms with Crippen LogP contribution in [0.3, 0.4) is 0 Å². The summed E-state index contributed by atoms with van der Waals surface area (Å²) in [6.07, 6.45) is 0.198. The maximum atomic E-state index is 11.9. The van der Waals surface area contributed by atoms with Gasteiger partial charge in [-0.25, -0.2) is 0 Å². The molecule has 4 nitrogen and oxygen atoms in total. The van der Waals surface area contributed by atoms with Gasteiger partial charge in [-0.15, -0.1) is 0 Å². The molecule has 0 bridgehead atoms. The average Bonchev–Trinajstić information content (AvgIpc) is 2.50. The van der Waals surface area contributed by atoms with Crippen LogP contribution in [-0.2, 0) is 4.79 Å². The van der Waals surface area contributed by atoms with E-state index in [1.54, 1.807) is 24.3 Å². The first kappa shape index (κ1) is 16.0. The van der Waals surface area contributed by atoms with Crippen molar-refractivity contribution in [3.63, 3.8) is 0 Å². The molecule has 0 aromatic heterocycles. The van der Waals surface area contributed by atoms with Crippen LogP contribution < -0.4 is 10.6 Å². The molecule has 0 aliphatic heterocycles. The Bertz CT molecular complexity index is 669. The molecule has 0 saturated heterocycles. The number of halogens is 1. The number of hydrogen-bond acceptors (Lipinski definition) is 2. The Balaban J connectivity index is 1.78. The predicted octanol–water partition coefficient (Wildman–Crippen LogP) is 3.41. The summed E-state index contributed by atoms with van der Waals surface area (Å²) >= 11 is 5.94. The lowest BCUT2D eigenvalue weighted by atomic mass is 10.2. The molecule has 2 aromatic rings. The lowest BCUT2D eigenvalue weighted by Crippen LogP contribution is -2.27. The SMILES string of the molecule is Cc1ccc(NC(=O)CCNC(=O)c2ccccc2Cl)cc1. The van der Waals surface area contributed by atoms with Crippen molar-refractivity contribution in [2.24, 2.45) is 0 Å². The van der Waals surface area contributed by atoms with E-state index in [4.69, 9.17) is 11.6 Å². The monoisotopic (exact) mass is 316 g/mol. The number of hydrogen-bond donors (Lipinski definition) is 2. The van der Waals surface area contributed by atoms with E-state index in [-0.39, 0.29) is 24.8 Å². The number of nitrogens with one attached hydrogen (secondary N) is 2. The standard InChI is InChI=1S/C17H17ClN2O2/c1-12-6-8-13(9-7-12)20-16(21)10-11-19-17(22)14-4-2-3-5-15(14)18/h2-9H,10-11H2,1H3,(H,19,22)(H,20,21). The Labute approximate surface area is 134 Å². The Kier molecular flexibility index (Phi) is 5.55. The molecule has 2 aromatic carbocycles. The third kappa shape index (κ3) is 4.60. The number of carbonyl (C=O) groups is 2. The molecule has 2 rings (SSSR count). The predicted molar refractivity (Wildman–Crippen MR) is 88.2 cm³/mol. The minimum atomic E-state index is -0.284. The molecular formula is C17H17ClN2O2. The van der Waals surface area contributed by atoms with E-state index < -0.39 is 0 Å². The molecular weight excluding hydrogens is 300 g/mol. The second-order valence-corrected chi connectivity index (χ2v) is 5.31. The number of anilines is 1.